The number of benzene rings is 1. The molecule has 0 bridgehead atoms. The van der Waals surface area contributed by atoms with Crippen LogP contribution in [-0.2, 0) is 6.42 Å². The van der Waals surface area contributed by atoms with Crippen molar-refractivity contribution in [3.63, 3.8) is 0 Å². The minimum Gasteiger partial charge on any atom is -0.320 e. The van der Waals surface area contributed by atoms with E-state index in [9.17, 15) is 0 Å². The maximum Gasteiger partial charge on any atom is 0.114 e. The quantitative estimate of drug-likeness (QED) is 0.835. The average molecular weight is 279 g/mol. The van der Waals surface area contributed by atoms with E-state index < -0.39 is 0 Å². The fourth-order valence-corrected chi connectivity index (χ4v) is 2.55. The molecule has 0 radical (unpaired) electrons. The molecular formula is C13H15BrN2. The number of imidazole rings is 1. The van der Waals surface area contributed by atoms with E-state index in [2.05, 4.69) is 63.6 Å². The normalized spacial score (nSPS) is 11.0. The smallest absolute Gasteiger partial charge is 0.114 e. The summed E-state index contributed by atoms with van der Waals surface area (Å²) in [6, 6.07) is 10.9. The predicted molar refractivity (Wildman–Crippen MR) is 69.6 cm³/mol. The molecule has 1 aromatic carbocycles. The van der Waals surface area contributed by atoms with E-state index in [1.54, 1.807) is 0 Å². The SMILES string of the molecule is CC(C)n1c(Br)cnc1Cc1ccccc1. The Labute approximate surface area is 104 Å². The van der Waals surface area contributed by atoms with Crippen molar-refractivity contribution in [1.29, 1.82) is 0 Å². The number of halogens is 1. The summed E-state index contributed by atoms with van der Waals surface area (Å²) in [6.45, 7) is 4.34. The summed E-state index contributed by atoms with van der Waals surface area (Å²) in [6.07, 6.45) is 2.75. The van der Waals surface area contributed by atoms with Crippen molar-refractivity contribution in [2.45, 2.75) is 26.3 Å². The van der Waals surface area contributed by atoms with Gasteiger partial charge in [-0.05, 0) is 35.3 Å². The highest BCUT2D eigenvalue weighted by Gasteiger charge is 2.10. The Morgan fingerprint density at radius 2 is 1.94 bits per heavy atom. The van der Waals surface area contributed by atoms with E-state index in [1.165, 1.54) is 5.56 Å². The first-order valence-corrected chi connectivity index (χ1v) is 6.23. The van der Waals surface area contributed by atoms with Crippen LogP contribution in [0.2, 0.25) is 0 Å². The molecule has 0 saturated heterocycles. The first kappa shape index (κ1) is 11.4. The summed E-state index contributed by atoms with van der Waals surface area (Å²) in [4.78, 5) is 4.45. The molecule has 0 N–H and O–H groups in total. The Bertz CT molecular complexity index is 460. The van der Waals surface area contributed by atoms with Crippen LogP contribution in [0.15, 0.2) is 41.1 Å². The van der Waals surface area contributed by atoms with Crippen LogP contribution in [0.5, 0.6) is 0 Å². The minimum absolute atomic E-state index is 0.426. The van der Waals surface area contributed by atoms with Gasteiger partial charge in [-0.3, -0.25) is 0 Å². The lowest BCUT2D eigenvalue weighted by Crippen LogP contribution is -2.07. The molecule has 0 aliphatic rings. The molecule has 0 atom stereocenters. The van der Waals surface area contributed by atoms with Crippen molar-refractivity contribution in [2.75, 3.05) is 0 Å². The lowest BCUT2D eigenvalue weighted by Gasteiger charge is -2.13. The number of rotatable bonds is 3. The molecule has 0 saturated carbocycles. The third-order valence-electron chi connectivity index (χ3n) is 2.55. The second kappa shape index (κ2) is 4.83. The van der Waals surface area contributed by atoms with Crippen LogP contribution in [0.3, 0.4) is 0 Å². The number of aromatic nitrogens is 2. The monoisotopic (exact) mass is 278 g/mol. The van der Waals surface area contributed by atoms with Crippen molar-refractivity contribution < 1.29 is 0 Å². The fraction of sp³-hybridized carbons (Fsp3) is 0.308. The topological polar surface area (TPSA) is 17.8 Å². The molecule has 0 aliphatic carbocycles. The van der Waals surface area contributed by atoms with Gasteiger partial charge in [0.05, 0.1) is 6.20 Å². The molecule has 2 rings (SSSR count). The molecule has 0 aliphatic heterocycles. The van der Waals surface area contributed by atoms with E-state index >= 15 is 0 Å². The van der Waals surface area contributed by atoms with Crippen LogP contribution in [0, 0.1) is 0 Å². The summed E-state index contributed by atoms with van der Waals surface area (Å²) in [5, 5.41) is 0. The summed E-state index contributed by atoms with van der Waals surface area (Å²) < 4.78 is 3.26. The van der Waals surface area contributed by atoms with Crippen LogP contribution in [0.4, 0.5) is 0 Å². The molecule has 0 amide bonds. The summed E-state index contributed by atoms with van der Waals surface area (Å²) in [5.41, 5.74) is 1.29. The third-order valence-corrected chi connectivity index (χ3v) is 3.14. The number of hydrogen-bond donors (Lipinski definition) is 0. The van der Waals surface area contributed by atoms with Crippen LogP contribution in [0.1, 0.15) is 31.3 Å². The minimum atomic E-state index is 0.426. The van der Waals surface area contributed by atoms with Crippen LogP contribution in [-0.4, -0.2) is 9.55 Å². The molecule has 0 spiro atoms. The van der Waals surface area contributed by atoms with Gasteiger partial charge in [-0.25, -0.2) is 4.98 Å². The predicted octanol–water partition coefficient (Wildman–Crippen LogP) is 3.82. The van der Waals surface area contributed by atoms with E-state index in [-0.39, 0.29) is 0 Å². The van der Waals surface area contributed by atoms with Gasteiger partial charge in [0.1, 0.15) is 10.4 Å². The molecule has 2 nitrogen and oxygen atoms in total. The highest BCUT2D eigenvalue weighted by molar-refractivity contribution is 9.10. The molecule has 3 heteroatoms. The maximum absolute atomic E-state index is 4.45. The van der Waals surface area contributed by atoms with Gasteiger partial charge in [-0.2, -0.15) is 0 Å². The van der Waals surface area contributed by atoms with Gasteiger partial charge in [0.15, 0.2) is 0 Å². The second-order valence-electron chi connectivity index (χ2n) is 4.12. The lowest BCUT2D eigenvalue weighted by atomic mass is 10.1. The van der Waals surface area contributed by atoms with Crippen molar-refractivity contribution in [2.24, 2.45) is 0 Å². The summed E-state index contributed by atoms with van der Waals surface area (Å²) in [5.74, 6) is 1.10. The van der Waals surface area contributed by atoms with Crippen molar-refractivity contribution >= 4 is 15.9 Å². The van der Waals surface area contributed by atoms with Crippen molar-refractivity contribution in [1.82, 2.24) is 9.55 Å². The van der Waals surface area contributed by atoms with Crippen LogP contribution in [0.25, 0.3) is 0 Å². The molecule has 2 aromatic rings. The van der Waals surface area contributed by atoms with E-state index in [4.69, 9.17) is 0 Å². The Hall–Kier alpha value is -1.09. The van der Waals surface area contributed by atoms with Gasteiger partial charge in [0, 0.05) is 12.5 Å². The second-order valence-corrected chi connectivity index (χ2v) is 4.94. The zero-order valence-electron chi connectivity index (χ0n) is 9.52. The van der Waals surface area contributed by atoms with Gasteiger partial charge in [-0.1, -0.05) is 30.3 Å². The number of nitrogens with zero attached hydrogens (tertiary/aromatic N) is 2. The zero-order chi connectivity index (χ0) is 11.5. The van der Waals surface area contributed by atoms with E-state index in [1.807, 2.05) is 12.3 Å². The molecular weight excluding hydrogens is 264 g/mol. The average Bonchev–Trinajstić information content (AvgIpc) is 2.61. The largest absolute Gasteiger partial charge is 0.320 e. The van der Waals surface area contributed by atoms with Crippen molar-refractivity contribution in [3.05, 3.63) is 52.5 Å². The highest BCUT2D eigenvalue weighted by atomic mass is 79.9. The Morgan fingerprint density at radius 3 is 2.56 bits per heavy atom. The van der Waals surface area contributed by atoms with Crippen molar-refractivity contribution in [3.8, 4) is 0 Å². The summed E-state index contributed by atoms with van der Waals surface area (Å²) in [7, 11) is 0. The summed E-state index contributed by atoms with van der Waals surface area (Å²) >= 11 is 3.53. The molecule has 0 fully saturated rings. The van der Waals surface area contributed by atoms with Crippen LogP contribution >= 0.6 is 15.9 Å². The van der Waals surface area contributed by atoms with E-state index in [0.29, 0.717) is 6.04 Å². The van der Waals surface area contributed by atoms with Gasteiger partial charge in [-0.15, -0.1) is 0 Å². The van der Waals surface area contributed by atoms with Gasteiger partial charge < -0.3 is 4.57 Å². The van der Waals surface area contributed by atoms with Crippen LogP contribution < -0.4 is 0 Å². The zero-order valence-corrected chi connectivity index (χ0v) is 11.1. The highest BCUT2D eigenvalue weighted by Crippen LogP contribution is 2.20. The van der Waals surface area contributed by atoms with E-state index in [0.717, 1.165) is 16.8 Å². The maximum atomic E-state index is 4.45. The third kappa shape index (κ3) is 2.35. The molecule has 0 unspecified atom stereocenters. The van der Waals surface area contributed by atoms with Gasteiger partial charge in [0.25, 0.3) is 0 Å². The lowest BCUT2D eigenvalue weighted by molar-refractivity contribution is 0.565. The molecule has 16 heavy (non-hydrogen) atoms. The first-order chi connectivity index (χ1) is 7.68. The van der Waals surface area contributed by atoms with Gasteiger partial charge >= 0.3 is 0 Å². The Balaban J connectivity index is 2.29. The standard InChI is InChI=1S/C13H15BrN2/c1-10(2)16-12(14)9-15-13(16)8-11-6-4-3-5-7-11/h3-7,9-10H,8H2,1-2H3. The van der Waals surface area contributed by atoms with Gasteiger partial charge in [0.2, 0.25) is 0 Å². The molecule has 84 valence electrons. The number of hydrogen-bond acceptors (Lipinski definition) is 1. The fourth-order valence-electron chi connectivity index (χ4n) is 1.83. The Morgan fingerprint density at radius 1 is 1.25 bits per heavy atom. The molecule has 1 heterocycles. The first-order valence-electron chi connectivity index (χ1n) is 5.44. The molecule has 1 aromatic heterocycles. The Kier molecular flexibility index (Phi) is 3.44.